The van der Waals surface area contributed by atoms with Gasteiger partial charge >= 0.3 is 0 Å². The molecule has 14 heavy (non-hydrogen) atoms. The maximum atomic E-state index is 5.42. The third kappa shape index (κ3) is 3.09. The van der Waals surface area contributed by atoms with Gasteiger partial charge < -0.3 is 9.57 Å². The Morgan fingerprint density at radius 1 is 1.21 bits per heavy atom. The molecule has 0 saturated carbocycles. The minimum atomic E-state index is 0.577. The van der Waals surface area contributed by atoms with Crippen molar-refractivity contribution in [2.24, 2.45) is 5.16 Å². The molecule has 0 fully saturated rings. The first-order valence-electron chi connectivity index (χ1n) is 4.75. The van der Waals surface area contributed by atoms with Gasteiger partial charge in [0.15, 0.2) is 0 Å². The number of para-hydroxylation sites is 1. The highest BCUT2D eigenvalue weighted by atomic mass is 16.6. The fraction of sp³-hybridized carbons (Fsp3) is 0.364. The summed E-state index contributed by atoms with van der Waals surface area (Å²) in [5.74, 6) is 0.832. The summed E-state index contributed by atoms with van der Waals surface area (Å²) in [6.45, 7) is 5.08. The van der Waals surface area contributed by atoms with Crippen molar-refractivity contribution in [2.45, 2.75) is 13.8 Å². The van der Waals surface area contributed by atoms with Crippen LogP contribution in [0, 0.1) is 0 Å². The highest BCUT2D eigenvalue weighted by Crippen LogP contribution is 2.15. The molecule has 0 N–H and O–H groups in total. The van der Waals surface area contributed by atoms with E-state index in [1.807, 2.05) is 38.1 Å². The van der Waals surface area contributed by atoms with Crippen LogP contribution in [0.3, 0.4) is 0 Å². The molecule has 0 bridgehead atoms. The summed E-state index contributed by atoms with van der Waals surface area (Å²) in [7, 11) is 0. The standard InChI is InChI=1S/C11H15NO2/c1-3-13-11-8-6-5-7-10(11)9-12-14-4-2/h5-9H,3-4H2,1-2H3/b12-9+. The highest BCUT2D eigenvalue weighted by molar-refractivity contribution is 5.82. The largest absolute Gasteiger partial charge is 0.493 e. The molecular formula is C11H15NO2. The van der Waals surface area contributed by atoms with Crippen LogP contribution in [0.15, 0.2) is 29.4 Å². The second-order valence-electron chi connectivity index (χ2n) is 2.62. The van der Waals surface area contributed by atoms with Gasteiger partial charge in [-0.15, -0.1) is 0 Å². The van der Waals surface area contributed by atoms with E-state index >= 15 is 0 Å². The van der Waals surface area contributed by atoms with Crippen molar-refractivity contribution in [1.29, 1.82) is 0 Å². The average Bonchev–Trinajstić information content (AvgIpc) is 2.21. The molecule has 1 aromatic rings. The Morgan fingerprint density at radius 3 is 2.71 bits per heavy atom. The Kier molecular flexibility index (Phi) is 4.55. The van der Waals surface area contributed by atoms with Gasteiger partial charge in [-0.3, -0.25) is 0 Å². The number of nitrogens with zero attached hydrogens (tertiary/aromatic N) is 1. The van der Waals surface area contributed by atoms with Crippen LogP contribution in [0.2, 0.25) is 0 Å². The Balaban J connectivity index is 2.73. The van der Waals surface area contributed by atoms with Gasteiger partial charge in [0.2, 0.25) is 0 Å². The minimum absolute atomic E-state index is 0.577. The minimum Gasteiger partial charge on any atom is -0.493 e. The van der Waals surface area contributed by atoms with Gasteiger partial charge in [0.05, 0.1) is 12.8 Å². The molecular weight excluding hydrogens is 178 g/mol. The molecule has 0 aliphatic carbocycles. The third-order valence-electron chi connectivity index (χ3n) is 1.61. The Hall–Kier alpha value is -1.51. The molecule has 0 aliphatic rings. The van der Waals surface area contributed by atoms with E-state index in [9.17, 15) is 0 Å². The van der Waals surface area contributed by atoms with Gasteiger partial charge in [-0.2, -0.15) is 0 Å². The van der Waals surface area contributed by atoms with Crippen molar-refractivity contribution in [3.05, 3.63) is 29.8 Å². The summed E-state index contributed by atoms with van der Waals surface area (Å²) in [6.07, 6.45) is 1.66. The molecule has 0 atom stereocenters. The molecule has 76 valence electrons. The predicted octanol–water partition coefficient (Wildman–Crippen LogP) is 2.46. The molecule has 0 aromatic heterocycles. The van der Waals surface area contributed by atoms with Crippen LogP contribution >= 0.6 is 0 Å². The molecule has 0 amide bonds. The van der Waals surface area contributed by atoms with Gasteiger partial charge in [-0.25, -0.2) is 0 Å². The maximum Gasteiger partial charge on any atom is 0.128 e. The molecule has 1 rings (SSSR count). The number of ether oxygens (including phenoxy) is 1. The first-order chi connectivity index (χ1) is 6.88. The normalized spacial score (nSPS) is 10.4. The second kappa shape index (κ2) is 6.02. The van der Waals surface area contributed by atoms with Crippen LogP contribution in [-0.4, -0.2) is 19.4 Å². The quantitative estimate of drug-likeness (QED) is 0.531. The van der Waals surface area contributed by atoms with Gasteiger partial charge in [-0.1, -0.05) is 17.3 Å². The van der Waals surface area contributed by atoms with E-state index in [0.29, 0.717) is 13.2 Å². The number of rotatable bonds is 5. The van der Waals surface area contributed by atoms with Crippen LogP contribution in [0.25, 0.3) is 0 Å². The summed E-state index contributed by atoms with van der Waals surface area (Å²) >= 11 is 0. The van der Waals surface area contributed by atoms with E-state index in [2.05, 4.69) is 5.16 Å². The zero-order chi connectivity index (χ0) is 10.2. The third-order valence-corrected chi connectivity index (χ3v) is 1.61. The lowest BCUT2D eigenvalue weighted by Crippen LogP contribution is -1.95. The average molecular weight is 193 g/mol. The fourth-order valence-electron chi connectivity index (χ4n) is 1.04. The first kappa shape index (κ1) is 10.6. The van der Waals surface area contributed by atoms with Gasteiger partial charge in [0.25, 0.3) is 0 Å². The predicted molar refractivity (Wildman–Crippen MR) is 56.8 cm³/mol. The van der Waals surface area contributed by atoms with Crippen LogP contribution in [0.1, 0.15) is 19.4 Å². The summed E-state index contributed by atoms with van der Waals surface area (Å²) in [4.78, 5) is 4.88. The topological polar surface area (TPSA) is 30.8 Å². The van der Waals surface area contributed by atoms with E-state index in [0.717, 1.165) is 11.3 Å². The van der Waals surface area contributed by atoms with E-state index in [1.165, 1.54) is 0 Å². The molecule has 3 nitrogen and oxygen atoms in total. The summed E-state index contributed by atoms with van der Waals surface area (Å²) < 4.78 is 5.42. The summed E-state index contributed by atoms with van der Waals surface area (Å²) in [5, 5.41) is 3.80. The fourth-order valence-corrected chi connectivity index (χ4v) is 1.04. The Labute approximate surface area is 84.3 Å². The molecule has 0 spiro atoms. The molecule has 0 heterocycles. The molecule has 1 aromatic carbocycles. The Bertz CT molecular complexity index is 297. The summed E-state index contributed by atoms with van der Waals surface area (Å²) in [5.41, 5.74) is 0.933. The van der Waals surface area contributed by atoms with Crippen molar-refractivity contribution in [1.82, 2.24) is 0 Å². The lowest BCUT2D eigenvalue weighted by atomic mass is 10.2. The van der Waals surface area contributed by atoms with Gasteiger partial charge in [0.1, 0.15) is 12.4 Å². The SMILES string of the molecule is CCO/N=C/c1ccccc1OCC. The number of benzene rings is 1. The van der Waals surface area contributed by atoms with Crippen LogP contribution in [0.5, 0.6) is 5.75 Å². The van der Waals surface area contributed by atoms with Crippen molar-refractivity contribution in [2.75, 3.05) is 13.2 Å². The summed E-state index contributed by atoms with van der Waals surface area (Å²) in [6, 6.07) is 7.73. The lowest BCUT2D eigenvalue weighted by Gasteiger charge is -2.05. The lowest BCUT2D eigenvalue weighted by molar-refractivity contribution is 0.160. The molecule has 0 aliphatic heterocycles. The zero-order valence-corrected chi connectivity index (χ0v) is 8.56. The van der Waals surface area contributed by atoms with E-state index in [4.69, 9.17) is 9.57 Å². The second-order valence-corrected chi connectivity index (χ2v) is 2.62. The van der Waals surface area contributed by atoms with Crippen LogP contribution in [0.4, 0.5) is 0 Å². The maximum absolute atomic E-state index is 5.42. The number of hydrogen-bond acceptors (Lipinski definition) is 3. The van der Waals surface area contributed by atoms with Gasteiger partial charge in [0, 0.05) is 5.56 Å². The molecule has 3 heteroatoms. The van der Waals surface area contributed by atoms with Crippen LogP contribution in [-0.2, 0) is 4.84 Å². The van der Waals surface area contributed by atoms with E-state index in [1.54, 1.807) is 6.21 Å². The number of hydrogen-bond donors (Lipinski definition) is 0. The van der Waals surface area contributed by atoms with Crippen molar-refractivity contribution < 1.29 is 9.57 Å². The molecule has 0 radical (unpaired) electrons. The van der Waals surface area contributed by atoms with Crippen molar-refractivity contribution in [3.63, 3.8) is 0 Å². The number of oxime groups is 1. The van der Waals surface area contributed by atoms with Crippen molar-refractivity contribution in [3.8, 4) is 5.75 Å². The monoisotopic (exact) mass is 193 g/mol. The van der Waals surface area contributed by atoms with E-state index < -0.39 is 0 Å². The van der Waals surface area contributed by atoms with Crippen molar-refractivity contribution >= 4 is 6.21 Å². The van der Waals surface area contributed by atoms with Crippen LogP contribution < -0.4 is 4.74 Å². The first-order valence-corrected chi connectivity index (χ1v) is 4.75. The highest BCUT2D eigenvalue weighted by Gasteiger charge is 1.98. The molecule has 0 saturated heterocycles. The zero-order valence-electron chi connectivity index (χ0n) is 8.56. The smallest absolute Gasteiger partial charge is 0.128 e. The van der Waals surface area contributed by atoms with Gasteiger partial charge in [-0.05, 0) is 26.0 Å². The molecule has 0 unspecified atom stereocenters. The Morgan fingerprint density at radius 2 is 2.00 bits per heavy atom. The van der Waals surface area contributed by atoms with E-state index in [-0.39, 0.29) is 0 Å².